The van der Waals surface area contributed by atoms with Gasteiger partial charge in [-0.05, 0) is 45.9 Å². The number of carbonyl (C=O) groups excluding carboxylic acids is 1. The van der Waals surface area contributed by atoms with Crippen molar-refractivity contribution in [2.75, 3.05) is 0 Å². The van der Waals surface area contributed by atoms with Crippen LogP contribution in [0, 0.1) is 24.0 Å². The SMILES string of the molecule is Cc1cc(/C=N\NC(=O)c2ccc([N+](=O)[O-])cc2)c(C)n1C(C)C. The summed E-state index contributed by atoms with van der Waals surface area (Å²) in [5.41, 5.74) is 5.83. The first-order valence-electron chi connectivity index (χ1n) is 7.57. The Morgan fingerprint density at radius 2 is 1.92 bits per heavy atom. The van der Waals surface area contributed by atoms with Gasteiger partial charge >= 0.3 is 0 Å². The highest BCUT2D eigenvalue weighted by Crippen LogP contribution is 2.18. The molecule has 1 N–H and O–H groups in total. The van der Waals surface area contributed by atoms with E-state index in [-0.39, 0.29) is 5.69 Å². The predicted molar refractivity (Wildman–Crippen MR) is 92.4 cm³/mol. The molecule has 1 aromatic carbocycles. The van der Waals surface area contributed by atoms with E-state index in [9.17, 15) is 14.9 Å². The highest BCUT2D eigenvalue weighted by molar-refractivity contribution is 5.95. The topological polar surface area (TPSA) is 89.5 Å². The molecule has 1 aromatic heterocycles. The number of nitrogens with one attached hydrogen (secondary N) is 1. The molecule has 7 heteroatoms. The van der Waals surface area contributed by atoms with Crippen LogP contribution in [0.1, 0.15) is 47.2 Å². The fraction of sp³-hybridized carbons (Fsp3) is 0.294. The predicted octanol–water partition coefficient (Wildman–Crippen LogP) is 3.36. The van der Waals surface area contributed by atoms with Crippen LogP contribution in [-0.2, 0) is 0 Å². The van der Waals surface area contributed by atoms with Gasteiger partial charge in [-0.25, -0.2) is 5.43 Å². The van der Waals surface area contributed by atoms with Crippen LogP contribution in [0.5, 0.6) is 0 Å². The molecule has 0 aliphatic rings. The van der Waals surface area contributed by atoms with Gasteiger partial charge in [0, 0.05) is 40.7 Å². The Hall–Kier alpha value is -2.96. The van der Waals surface area contributed by atoms with E-state index in [4.69, 9.17) is 0 Å². The number of hydrogen-bond donors (Lipinski definition) is 1. The quantitative estimate of drug-likeness (QED) is 0.518. The van der Waals surface area contributed by atoms with Crippen LogP contribution < -0.4 is 5.43 Å². The molecule has 2 aromatic rings. The van der Waals surface area contributed by atoms with Crippen LogP contribution in [0.3, 0.4) is 0 Å². The van der Waals surface area contributed by atoms with E-state index in [1.54, 1.807) is 6.21 Å². The number of amides is 1. The lowest BCUT2D eigenvalue weighted by Crippen LogP contribution is -2.17. The maximum absolute atomic E-state index is 12.0. The van der Waals surface area contributed by atoms with Crippen LogP contribution >= 0.6 is 0 Å². The largest absolute Gasteiger partial charge is 0.346 e. The minimum atomic E-state index is -0.510. The average Bonchev–Trinajstić information content (AvgIpc) is 2.81. The number of aromatic nitrogens is 1. The van der Waals surface area contributed by atoms with Gasteiger partial charge in [-0.3, -0.25) is 14.9 Å². The molecule has 24 heavy (non-hydrogen) atoms. The van der Waals surface area contributed by atoms with E-state index in [2.05, 4.69) is 28.9 Å². The number of benzene rings is 1. The minimum Gasteiger partial charge on any atom is -0.346 e. The molecule has 1 amide bonds. The second-order valence-corrected chi connectivity index (χ2v) is 5.79. The van der Waals surface area contributed by atoms with Crippen LogP contribution in [0.2, 0.25) is 0 Å². The number of hydrogen-bond acceptors (Lipinski definition) is 4. The van der Waals surface area contributed by atoms with E-state index in [1.807, 2.05) is 19.9 Å². The average molecular weight is 328 g/mol. The Kier molecular flexibility index (Phi) is 5.13. The number of rotatable bonds is 5. The van der Waals surface area contributed by atoms with Gasteiger partial charge < -0.3 is 4.57 Å². The molecule has 0 spiro atoms. The summed E-state index contributed by atoms with van der Waals surface area (Å²) in [6.45, 7) is 8.25. The van der Waals surface area contributed by atoms with E-state index in [0.717, 1.165) is 17.0 Å². The fourth-order valence-corrected chi connectivity index (χ4v) is 2.69. The molecule has 0 aliphatic heterocycles. The summed E-state index contributed by atoms with van der Waals surface area (Å²) in [4.78, 5) is 22.1. The summed E-state index contributed by atoms with van der Waals surface area (Å²) < 4.78 is 2.19. The van der Waals surface area contributed by atoms with Crippen molar-refractivity contribution >= 4 is 17.8 Å². The molecule has 0 saturated heterocycles. The number of non-ortho nitro benzene ring substituents is 1. The molecule has 2 rings (SSSR count). The maximum atomic E-state index is 12.0. The lowest BCUT2D eigenvalue weighted by atomic mass is 10.2. The number of nitro groups is 1. The summed E-state index contributed by atoms with van der Waals surface area (Å²) in [7, 11) is 0. The Bertz CT molecular complexity index is 789. The van der Waals surface area contributed by atoms with Crippen LogP contribution in [0.25, 0.3) is 0 Å². The molecular weight excluding hydrogens is 308 g/mol. The molecule has 126 valence electrons. The Balaban J connectivity index is 2.07. The number of nitro benzene ring substituents is 1. The zero-order valence-corrected chi connectivity index (χ0v) is 14.1. The second-order valence-electron chi connectivity index (χ2n) is 5.79. The highest BCUT2D eigenvalue weighted by Gasteiger charge is 2.11. The second kappa shape index (κ2) is 7.08. The number of aryl methyl sites for hydroxylation is 1. The van der Waals surface area contributed by atoms with Crippen LogP contribution in [0.4, 0.5) is 5.69 Å². The van der Waals surface area contributed by atoms with Crippen LogP contribution in [-0.4, -0.2) is 21.6 Å². The molecular formula is C17H20N4O3. The van der Waals surface area contributed by atoms with E-state index < -0.39 is 10.8 Å². The number of nitrogens with zero attached hydrogens (tertiary/aromatic N) is 3. The molecule has 0 aliphatic carbocycles. The third-order valence-electron chi connectivity index (χ3n) is 3.75. The maximum Gasteiger partial charge on any atom is 0.271 e. The molecule has 0 atom stereocenters. The van der Waals surface area contributed by atoms with Crippen molar-refractivity contribution in [1.29, 1.82) is 0 Å². The van der Waals surface area contributed by atoms with Crippen molar-refractivity contribution in [1.82, 2.24) is 9.99 Å². The Labute approximate surface area is 140 Å². The van der Waals surface area contributed by atoms with Gasteiger partial charge in [0.1, 0.15) is 0 Å². The lowest BCUT2D eigenvalue weighted by Gasteiger charge is -2.13. The molecule has 0 bridgehead atoms. The summed E-state index contributed by atoms with van der Waals surface area (Å²) in [5.74, 6) is -0.418. The zero-order chi connectivity index (χ0) is 17.9. The third-order valence-corrected chi connectivity index (χ3v) is 3.75. The van der Waals surface area contributed by atoms with Gasteiger partial charge in [-0.1, -0.05) is 0 Å². The smallest absolute Gasteiger partial charge is 0.271 e. The van der Waals surface area contributed by atoms with E-state index in [1.165, 1.54) is 24.3 Å². The zero-order valence-electron chi connectivity index (χ0n) is 14.1. The normalized spacial score (nSPS) is 11.2. The van der Waals surface area contributed by atoms with Gasteiger partial charge in [0.2, 0.25) is 0 Å². The minimum absolute atomic E-state index is 0.0591. The molecule has 0 radical (unpaired) electrons. The Morgan fingerprint density at radius 1 is 1.29 bits per heavy atom. The third kappa shape index (κ3) is 3.68. The first-order chi connectivity index (χ1) is 11.3. The monoisotopic (exact) mass is 328 g/mol. The molecule has 0 fully saturated rings. The van der Waals surface area contributed by atoms with Crippen molar-refractivity contribution in [3.8, 4) is 0 Å². The first kappa shape index (κ1) is 17.4. The van der Waals surface area contributed by atoms with Crippen molar-refractivity contribution in [2.45, 2.75) is 33.7 Å². The van der Waals surface area contributed by atoms with Gasteiger partial charge in [-0.2, -0.15) is 5.10 Å². The van der Waals surface area contributed by atoms with Crippen molar-refractivity contribution in [2.24, 2.45) is 5.10 Å². The molecule has 7 nitrogen and oxygen atoms in total. The summed E-state index contributed by atoms with van der Waals surface area (Å²) in [6.07, 6.45) is 1.60. The van der Waals surface area contributed by atoms with Crippen LogP contribution in [0.15, 0.2) is 35.4 Å². The van der Waals surface area contributed by atoms with Gasteiger partial charge in [0.25, 0.3) is 11.6 Å². The van der Waals surface area contributed by atoms with E-state index in [0.29, 0.717) is 11.6 Å². The first-order valence-corrected chi connectivity index (χ1v) is 7.57. The fourth-order valence-electron chi connectivity index (χ4n) is 2.69. The van der Waals surface area contributed by atoms with Gasteiger partial charge in [0.05, 0.1) is 11.1 Å². The molecule has 0 unspecified atom stereocenters. The summed E-state index contributed by atoms with van der Waals surface area (Å²) in [6, 6.07) is 7.73. The van der Waals surface area contributed by atoms with Gasteiger partial charge in [0.15, 0.2) is 0 Å². The molecule has 1 heterocycles. The lowest BCUT2D eigenvalue weighted by molar-refractivity contribution is -0.384. The number of carbonyl (C=O) groups is 1. The highest BCUT2D eigenvalue weighted by atomic mass is 16.6. The molecule has 0 saturated carbocycles. The van der Waals surface area contributed by atoms with E-state index >= 15 is 0 Å². The standard InChI is InChI=1S/C17H20N4O3/c1-11(2)20-12(3)9-15(13(20)4)10-18-19-17(22)14-5-7-16(8-6-14)21(23)24/h5-11H,1-4H3,(H,19,22)/b18-10-. The van der Waals surface area contributed by atoms with Gasteiger partial charge in [-0.15, -0.1) is 0 Å². The van der Waals surface area contributed by atoms with Crippen molar-refractivity contribution in [3.63, 3.8) is 0 Å². The van der Waals surface area contributed by atoms with Crippen molar-refractivity contribution in [3.05, 3.63) is 63.0 Å². The number of hydrazone groups is 1. The summed E-state index contributed by atoms with van der Waals surface area (Å²) >= 11 is 0. The summed E-state index contributed by atoms with van der Waals surface area (Å²) in [5, 5.41) is 14.6. The Morgan fingerprint density at radius 3 is 2.42 bits per heavy atom. The van der Waals surface area contributed by atoms with Crippen molar-refractivity contribution < 1.29 is 9.72 Å².